The summed E-state index contributed by atoms with van der Waals surface area (Å²) >= 11 is 1.49. The van der Waals surface area contributed by atoms with Gasteiger partial charge in [-0.1, -0.05) is 54.2 Å². The molecule has 0 atom stereocenters. The number of nitrogens with one attached hydrogen (secondary N) is 1. The van der Waals surface area contributed by atoms with E-state index in [2.05, 4.69) is 39.5 Å². The van der Waals surface area contributed by atoms with Gasteiger partial charge in [0.2, 0.25) is 0 Å². The fourth-order valence-corrected chi connectivity index (χ4v) is 4.52. The van der Waals surface area contributed by atoms with Gasteiger partial charge in [-0.2, -0.15) is 0 Å². The van der Waals surface area contributed by atoms with Crippen LogP contribution in [0.5, 0.6) is 0 Å². The van der Waals surface area contributed by atoms with Crippen LogP contribution < -0.4 is 5.32 Å². The highest BCUT2D eigenvalue weighted by Gasteiger charge is 2.17. The molecule has 2 aromatic carbocycles. The Morgan fingerprint density at radius 3 is 2.45 bits per heavy atom. The van der Waals surface area contributed by atoms with Crippen LogP contribution >= 0.6 is 11.8 Å². The summed E-state index contributed by atoms with van der Waals surface area (Å²) < 4.78 is 0. The van der Waals surface area contributed by atoms with Crippen LogP contribution in [0.2, 0.25) is 0 Å². The Balaban J connectivity index is 1.33. The molecule has 0 saturated carbocycles. The molecule has 0 radical (unpaired) electrons. The van der Waals surface area contributed by atoms with E-state index in [1.165, 1.54) is 17.3 Å². The maximum Gasteiger partial charge on any atom is 0.254 e. The number of pyridine rings is 1. The van der Waals surface area contributed by atoms with Crippen LogP contribution in [0.3, 0.4) is 0 Å². The number of rotatable bonds is 7. The van der Waals surface area contributed by atoms with Crippen molar-refractivity contribution >= 4 is 17.7 Å². The van der Waals surface area contributed by atoms with E-state index in [1.54, 1.807) is 12.3 Å². The van der Waals surface area contributed by atoms with Gasteiger partial charge in [0.1, 0.15) is 5.03 Å². The Hall–Kier alpha value is -2.67. The molecule has 3 aromatic rings. The van der Waals surface area contributed by atoms with Crippen LogP contribution in [0.4, 0.5) is 0 Å². The smallest absolute Gasteiger partial charge is 0.254 e. The Kier molecular flexibility index (Phi) is 7.35. The molecule has 1 saturated heterocycles. The second-order valence-electron chi connectivity index (χ2n) is 7.78. The lowest BCUT2D eigenvalue weighted by atomic mass is 10.1. The summed E-state index contributed by atoms with van der Waals surface area (Å²) in [5.41, 5.74) is 2.90. The van der Waals surface area contributed by atoms with Crippen molar-refractivity contribution in [2.24, 2.45) is 0 Å². The highest BCUT2D eigenvalue weighted by atomic mass is 32.2. The number of carbonyl (C=O) groups is 1. The second-order valence-corrected chi connectivity index (χ2v) is 8.84. The molecule has 5 nitrogen and oxygen atoms in total. The first-order valence-corrected chi connectivity index (χ1v) is 11.4. The molecule has 1 aliphatic rings. The first-order chi connectivity index (χ1) is 15.2. The summed E-state index contributed by atoms with van der Waals surface area (Å²) in [7, 11) is 0. The van der Waals surface area contributed by atoms with Gasteiger partial charge in [0.15, 0.2) is 0 Å². The molecule has 2 N–H and O–H groups in total. The van der Waals surface area contributed by atoms with E-state index in [1.807, 2.05) is 36.4 Å². The number of likely N-dealkylation sites (tertiary alicyclic amines) is 1. The third-order valence-corrected chi connectivity index (χ3v) is 6.44. The van der Waals surface area contributed by atoms with Gasteiger partial charge >= 0.3 is 0 Å². The number of nitrogens with zero attached hydrogens (tertiary/aromatic N) is 2. The van der Waals surface area contributed by atoms with E-state index in [0.29, 0.717) is 17.1 Å². The molecular formula is C25H27N3O2S. The van der Waals surface area contributed by atoms with Crippen LogP contribution in [0, 0.1) is 0 Å². The predicted molar refractivity (Wildman–Crippen MR) is 123 cm³/mol. The van der Waals surface area contributed by atoms with E-state index >= 15 is 0 Å². The van der Waals surface area contributed by atoms with Gasteiger partial charge < -0.3 is 10.4 Å². The Bertz CT molecular complexity index is 987. The lowest BCUT2D eigenvalue weighted by Crippen LogP contribution is -2.35. The first-order valence-electron chi connectivity index (χ1n) is 10.6. The van der Waals surface area contributed by atoms with Crippen LogP contribution in [-0.2, 0) is 13.1 Å². The summed E-state index contributed by atoms with van der Waals surface area (Å²) in [5, 5.41) is 13.4. The fourth-order valence-electron chi connectivity index (χ4n) is 3.62. The number of aromatic nitrogens is 1. The predicted octanol–water partition coefficient (Wildman–Crippen LogP) is 4.12. The molecule has 1 amide bonds. The highest BCUT2D eigenvalue weighted by molar-refractivity contribution is 7.99. The minimum absolute atomic E-state index is 0.123. The number of piperidine rings is 1. The third-order valence-electron chi connectivity index (χ3n) is 5.41. The maximum absolute atomic E-state index is 12.8. The maximum atomic E-state index is 12.8. The molecule has 0 unspecified atom stereocenters. The molecule has 0 aliphatic carbocycles. The lowest BCUT2D eigenvalue weighted by molar-refractivity contribution is 0.0792. The standard InChI is InChI=1S/C25H27N3O2S/c29-21-12-15-28(16-13-21)18-20-10-8-19(9-11-20)17-27-24(30)23-7-4-14-26-25(23)31-22-5-2-1-3-6-22/h1-11,14,21,29H,12-13,15-18H2,(H,27,30). The molecule has 6 heteroatoms. The summed E-state index contributed by atoms with van der Waals surface area (Å²) in [4.78, 5) is 20.6. The van der Waals surface area contributed by atoms with Crippen molar-refractivity contribution in [3.8, 4) is 0 Å². The van der Waals surface area contributed by atoms with Gasteiger partial charge in [0, 0.05) is 37.3 Å². The van der Waals surface area contributed by atoms with Crippen molar-refractivity contribution in [1.29, 1.82) is 0 Å². The number of hydrogen-bond donors (Lipinski definition) is 2. The molecule has 4 rings (SSSR count). The average molecular weight is 434 g/mol. The molecule has 2 heterocycles. The van der Waals surface area contributed by atoms with E-state index in [4.69, 9.17) is 0 Å². The van der Waals surface area contributed by atoms with Crippen LogP contribution in [-0.4, -0.2) is 40.1 Å². The molecule has 31 heavy (non-hydrogen) atoms. The number of benzene rings is 2. The second kappa shape index (κ2) is 10.6. The average Bonchev–Trinajstić information content (AvgIpc) is 2.81. The normalized spacial score (nSPS) is 15.0. The summed E-state index contributed by atoms with van der Waals surface area (Å²) in [6.45, 7) is 3.25. The van der Waals surface area contributed by atoms with Gasteiger partial charge in [-0.15, -0.1) is 0 Å². The Morgan fingerprint density at radius 1 is 1.00 bits per heavy atom. The number of aliphatic hydroxyl groups is 1. The molecule has 1 fully saturated rings. The highest BCUT2D eigenvalue weighted by Crippen LogP contribution is 2.28. The summed E-state index contributed by atoms with van der Waals surface area (Å²) in [6, 6.07) is 21.9. The molecule has 1 aliphatic heterocycles. The van der Waals surface area contributed by atoms with Gasteiger partial charge in [0.25, 0.3) is 5.91 Å². The quantitative estimate of drug-likeness (QED) is 0.587. The number of aliphatic hydroxyl groups excluding tert-OH is 1. The van der Waals surface area contributed by atoms with Crippen LogP contribution in [0.15, 0.2) is 82.8 Å². The molecule has 0 bridgehead atoms. The SMILES string of the molecule is O=C(NCc1ccc(CN2CCC(O)CC2)cc1)c1cccnc1Sc1ccccc1. The van der Waals surface area contributed by atoms with Gasteiger partial charge in [-0.3, -0.25) is 9.69 Å². The van der Waals surface area contributed by atoms with Crippen molar-refractivity contribution in [2.75, 3.05) is 13.1 Å². The summed E-state index contributed by atoms with van der Waals surface area (Å²) in [6.07, 6.45) is 3.27. The Labute approximate surface area is 187 Å². The van der Waals surface area contributed by atoms with E-state index in [0.717, 1.165) is 42.9 Å². The first kappa shape index (κ1) is 21.6. The number of amides is 1. The topological polar surface area (TPSA) is 65.5 Å². The van der Waals surface area contributed by atoms with Crippen LogP contribution in [0.25, 0.3) is 0 Å². The van der Waals surface area contributed by atoms with Crippen molar-refractivity contribution in [3.05, 3.63) is 89.6 Å². The molecular weight excluding hydrogens is 406 g/mol. The Morgan fingerprint density at radius 2 is 1.71 bits per heavy atom. The van der Waals surface area contributed by atoms with Crippen molar-refractivity contribution in [3.63, 3.8) is 0 Å². The number of carbonyl (C=O) groups excluding carboxylic acids is 1. The zero-order chi connectivity index (χ0) is 21.5. The fraction of sp³-hybridized carbons (Fsp3) is 0.280. The van der Waals surface area contributed by atoms with Crippen LogP contribution in [0.1, 0.15) is 34.3 Å². The van der Waals surface area contributed by atoms with Gasteiger partial charge in [-0.05, 0) is 48.2 Å². The molecule has 0 spiro atoms. The zero-order valence-electron chi connectivity index (χ0n) is 17.4. The third kappa shape index (κ3) is 6.17. The molecule has 1 aromatic heterocycles. The van der Waals surface area contributed by atoms with E-state index in [-0.39, 0.29) is 12.0 Å². The van der Waals surface area contributed by atoms with Gasteiger partial charge in [0.05, 0.1) is 11.7 Å². The van der Waals surface area contributed by atoms with Crippen molar-refractivity contribution in [1.82, 2.24) is 15.2 Å². The molecule has 160 valence electrons. The monoisotopic (exact) mass is 433 g/mol. The van der Waals surface area contributed by atoms with Crippen molar-refractivity contribution in [2.45, 2.75) is 42.0 Å². The lowest BCUT2D eigenvalue weighted by Gasteiger charge is -2.29. The zero-order valence-corrected chi connectivity index (χ0v) is 18.2. The van der Waals surface area contributed by atoms with Gasteiger partial charge in [-0.25, -0.2) is 4.98 Å². The minimum Gasteiger partial charge on any atom is -0.393 e. The van der Waals surface area contributed by atoms with Crippen molar-refractivity contribution < 1.29 is 9.90 Å². The number of hydrogen-bond acceptors (Lipinski definition) is 5. The largest absolute Gasteiger partial charge is 0.393 e. The van der Waals surface area contributed by atoms with E-state index in [9.17, 15) is 9.90 Å². The minimum atomic E-state index is -0.145. The van der Waals surface area contributed by atoms with E-state index < -0.39 is 0 Å². The summed E-state index contributed by atoms with van der Waals surface area (Å²) in [5.74, 6) is -0.123.